The van der Waals surface area contributed by atoms with Gasteiger partial charge < -0.3 is 14.5 Å². The predicted molar refractivity (Wildman–Crippen MR) is 107 cm³/mol. The number of anilines is 2. The fourth-order valence-corrected chi connectivity index (χ4v) is 3.47. The third-order valence-electron chi connectivity index (χ3n) is 4.96. The van der Waals surface area contributed by atoms with Gasteiger partial charge in [0.15, 0.2) is 17.0 Å². The molecule has 29 heavy (non-hydrogen) atoms. The molecule has 0 aliphatic carbocycles. The van der Waals surface area contributed by atoms with E-state index in [4.69, 9.17) is 4.74 Å². The average Bonchev–Trinajstić information content (AvgIpc) is 3.24. The Morgan fingerprint density at radius 3 is 2.41 bits per heavy atom. The fourth-order valence-electron chi connectivity index (χ4n) is 3.47. The van der Waals surface area contributed by atoms with Crippen molar-refractivity contribution in [2.24, 2.45) is 0 Å². The highest BCUT2D eigenvalue weighted by Crippen LogP contribution is 2.25. The molecule has 146 valence electrons. The SMILES string of the molecule is COc1cc(N2CCN(c3ncnc4c3nnn4-c3ccccc3)CC2)ncn1. The summed E-state index contributed by atoms with van der Waals surface area (Å²) in [4.78, 5) is 21.8. The standard InChI is InChI=1S/C19H19N9O/c1-29-16-11-15(20-12-21-16)26-7-9-27(10-8-26)18-17-19(23-13-22-18)28(25-24-17)14-5-3-2-4-6-14/h2-6,11-13H,7-10H2,1H3. The lowest BCUT2D eigenvalue weighted by Gasteiger charge is -2.35. The number of hydrogen-bond acceptors (Lipinski definition) is 9. The summed E-state index contributed by atoms with van der Waals surface area (Å²) >= 11 is 0. The van der Waals surface area contributed by atoms with Crippen molar-refractivity contribution >= 4 is 22.8 Å². The lowest BCUT2D eigenvalue weighted by atomic mass is 10.3. The van der Waals surface area contributed by atoms with E-state index in [0.717, 1.165) is 43.5 Å². The van der Waals surface area contributed by atoms with Gasteiger partial charge in [-0.2, -0.15) is 4.68 Å². The molecule has 0 amide bonds. The van der Waals surface area contributed by atoms with Crippen molar-refractivity contribution in [3.05, 3.63) is 49.1 Å². The number of rotatable bonds is 4. The molecule has 0 N–H and O–H groups in total. The summed E-state index contributed by atoms with van der Waals surface area (Å²) in [6, 6.07) is 11.7. The third-order valence-corrected chi connectivity index (χ3v) is 4.96. The largest absolute Gasteiger partial charge is 0.481 e. The van der Waals surface area contributed by atoms with Crippen molar-refractivity contribution in [3.63, 3.8) is 0 Å². The van der Waals surface area contributed by atoms with Crippen LogP contribution in [0.2, 0.25) is 0 Å². The zero-order valence-electron chi connectivity index (χ0n) is 15.9. The quantitative estimate of drug-likeness (QED) is 0.512. The Labute approximate surface area is 166 Å². The van der Waals surface area contributed by atoms with Crippen LogP contribution in [0.1, 0.15) is 0 Å². The summed E-state index contributed by atoms with van der Waals surface area (Å²) in [5, 5.41) is 8.66. The molecule has 1 aliphatic rings. The van der Waals surface area contributed by atoms with Gasteiger partial charge in [0.1, 0.15) is 18.5 Å². The predicted octanol–water partition coefficient (Wildman–Crippen LogP) is 1.34. The first-order valence-corrected chi connectivity index (χ1v) is 9.31. The molecule has 5 rings (SSSR count). The smallest absolute Gasteiger partial charge is 0.218 e. The number of piperazine rings is 1. The van der Waals surface area contributed by atoms with E-state index in [1.54, 1.807) is 18.1 Å². The molecule has 0 radical (unpaired) electrons. The van der Waals surface area contributed by atoms with Crippen LogP contribution in [0.5, 0.6) is 5.88 Å². The van der Waals surface area contributed by atoms with E-state index in [1.807, 2.05) is 36.4 Å². The first-order chi connectivity index (χ1) is 14.3. The number of nitrogens with zero attached hydrogens (tertiary/aromatic N) is 9. The molecule has 1 aromatic carbocycles. The first-order valence-electron chi connectivity index (χ1n) is 9.31. The van der Waals surface area contributed by atoms with Crippen LogP contribution in [0.15, 0.2) is 49.1 Å². The number of hydrogen-bond donors (Lipinski definition) is 0. The van der Waals surface area contributed by atoms with Gasteiger partial charge in [0.25, 0.3) is 0 Å². The van der Waals surface area contributed by atoms with Crippen molar-refractivity contribution in [2.75, 3.05) is 43.1 Å². The van der Waals surface area contributed by atoms with Gasteiger partial charge in [0, 0.05) is 32.2 Å². The summed E-state index contributed by atoms with van der Waals surface area (Å²) in [5.41, 5.74) is 2.32. The van der Waals surface area contributed by atoms with Crippen molar-refractivity contribution in [2.45, 2.75) is 0 Å². The van der Waals surface area contributed by atoms with Gasteiger partial charge in [0.05, 0.1) is 12.8 Å². The summed E-state index contributed by atoms with van der Waals surface area (Å²) in [6.45, 7) is 3.18. The van der Waals surface area contributed by atoms with Gasteiger partial charge in [0.2, 0.25) is 5.88 Å². The van der Waals surface area contributed by atoms with Crippen LogP contribution in [0, 0.1) is 0 Å². The Hall–Kier alpha value is -3.82. The van der Waals surface area contributed by atoms with E-state index in [9.17, 15) is 0 Å². The lowest BCUT2D eigenvalue weighted by molar-refractivity contribution is 0.396. The molecule has 4 heterocycles. The Bertz CT molecular complexity index is 1120. The number of para-hydroxylation sites is 1. The molecular formula is C19H19N9O. The van der Waals surface area contributed by atoms with E-state index in [2.05, 4.69) is 40.0 Å². The Balaban J connectivity index is 1.39. The molecule has 3 aromatic heterocycles. The second kappa shape index (κ2) is 7.30. The maximum atomic E-state index is 5.20. The number of fused-ring (bicyclic) bond motifs is 1. The normalized spacial score (nSPS) is 14.4. The Morgan fingerprint density at radius 2 is 1.62 bits per heavy atom. The highest BCUT2D eigenvalue weighted by molar-refractivity contribution is 5.83. The lowest BCUT2D eigenvalue weighted by Crippen LogP contribution is -2.47. The Morgan fingerprint density at radius 1 is 0.862 bits per heavy atom. The van der Waals surface area contributed by atoms with E-state index in [1.165, 1.54) is 6.33 Å². The van der Waals surface area contributed by atoms with Gasteiger partial charge in [-0.15, -0.1) is 5.10 Å². The van der Waals surface area contributed by atoms with Crippen LogP contribution < -0.4 is 14.5 Å². The van der Waals surface area contributed by atoms with Crippen molar-refractivity contribution in [3.8, 4) is 11.6 Å². The molecule has 4 aromatic rings. The minimum atomic E-state index is 0.562. The third kappa shape index (κ3) is 3.18. The number of benzene rings is 1. The molecule has 1 fully saturated rings. The van der Waals surface area contributed by atoms with Gasteiger partial charge >= 0.3 is 0 Å². The summed E-state index contributed by atoms with van der Waals surface area (Å²) in [7, 11) is 1.60. The molecule has 0 atom stereocenters. The van der Waals surface area contributed by atoms with E-state index in [-0.39, 0.29) is 0 Å². The Kier molecular flexibility index (Phi) is 4.35. The molecule has 0 bridgehead atoms. The highest BCUT2D eigenvalue weighted by atomic mass is 16.5. The van der Waals surface area contributed by atoms with Crippen LogP contribution >= 0.6 is 0 Å². The van der Waals surface area contributed by atoms with E-state index in [0.29, 0.717) is 17.0 Å². The van der Waals surface area contributed by atoms with Crippen molar-refractivity contribution in [1.82, 2.24) is 34.9 Å². The molecule has 1 saturated heterocycles. The molecule has 1 aliphatic heterocycles. The first kappa shape index (κ1) is 17.3. The zero-order valence-corrected chi connectivity index (χ0v) is 15.9. The van der Waals surface area contributed by atoms with Gasteiger partial charge in [-0.05, 0) is 12.1 Å². The van der Waals surface area contributed by atoms with Crippen LogP contribution in [-0.4, -0.2) is 68.2 Å². The van der Waals surface area contributed by atoms with Gasteiger partial charge in [-0.25, -0.2) is 19.9 Å². The maximum absolute atomic E-state index is 5.20. The van der Waals surface area contributed by atoms with Crippen LogP contribution in [0.3, 0.4) is 0 Å². The van der Waals surface area contributed by atoms with Crippen molar-refractivity contribution in [1.29, 1.82) is 0 Å². The van der Waals surface area contributed by atoms with Crippen molar-refractivity contribution < 1.29 is 4.74 Å². The molecule has 10 heteroatoms. The minimum absolute atomic E-state index is 0.562. The molecule has 0 saturated carbocycles. The minimum Gasteiger partial charge on any atom is -0.481 e. The topological polar surface area (TPSA) is 98.0 Å². The molecule has 0 spiro atoms. The monoisotopic (exact) mass is 389 g/mol. The van der Waals surface area contributed by atoms with Crippen LogP contribution in [-0.2, 0) is 0 Å². The summed E-state index contributed by atoms with van der Waals surface area (Å²) in [5.74, 6) is 2.23. The fraction of sp³-hybridized carbons (Fsp3) is 0.263. The van der Waals surface area contributed by atoms with E-state index < -0.39 is 0 Å². The van der Waals surface area contributed by atoms with Crippen LogP contribution in [0.25, 0.3) is 16.9 Å². The number of aromatic nitrogens is 7. The second-order valence-electron chi connectivity index (χ2n) is 6.60. The van der Waals surface area contributed by atoms with Gasteiger partial charge in [-0.3, -0.25) is 0 Å². The number of ether oxygens (including phenoxy) is 1. The second-order valence-corrected chi connectivity index (χ2v) is 6.60. The molecular weight excluding hydrogens is 370 g/mol. The number of methoxy groups -OCH3 is 1. The zero-order chi connectivity index (χ0) is 19.6. The summed E-state index contributed by atoms with van der Waals surface area (Å²) < 4.78 is 6.94. The molecule has 0 unspecified atom stereocenters. The van der Waals surface area contributed by atoms with E-state index >= 15 is 0 Å². The summed E-state index contributed by atoms with van der Waals surface area (Å²) in [6.07, 6.45) is 3.10. The maximum Gasteiger partial charge on any atom is 0.218 e. The molecule has 10 nitrogen and oxygen atoms in total. The van der Waals surface area contributed by atoms with Gasteiger partial charge in [-0.1, -0.05) is 23.4 Å². The highest BCUT2D eigenvalue weighted by Gasteiger charge is 2.23. The average molecular weight is 389 g/mol. The van der Waals surface area contributed by atoms with Crippen LogP contribution in [0.4, 0.5) is 11.6 Å².